The molecule has 1 aromatic heterocycles. The van der Waals surface area contributed by atoms with E-state index in [-0.39, 0.29) is 53.2 Å². The van der Waals surface area contributed by atoms with Crippen molar-refractivity contribution in [1.29, 1.82) is 0 Å². The number of nitrogens with one attached hydrogen (secondary N) is 1. The number of H-pyrrole nitrogens is 1. The van der Waals surface area contributed by atoms with E-state index in [1.165, 1.54) is 40.6 Å². The van der Waals surface area contributed by atoms with Gasteiger partial charge in [-0.15, -0.1) is 11.8 Å². The molecule has 106 heavy (non-hydrogen) atoms. The highest BCUT2D eigenvalue weighted by molar-refractivity contribution is 9.10. The van der Waals surface area contributed by atoms with Crippen molar-refractivity contribution in [2.45, 2.75) is 128 Å². The van der Waals surface area contributed by atoms with Crippen LogP contribution in [0.4, 0.5) is 19.2 Å². The lowest BCUT2D eigenvalue weighted by Gasteiger charge is -2.29. The molecule has 1 aliphatic carbocycles. The molecule has 5 amide bonds. The molecule has 4 aromatic rings. The lowest BCUT2D eigenvalue weighted by atomic mass is 9.78. The lowest BCUT2D eigenvalue weighted by molar-refractivity contribution is -0.125. The van der Waals surface area contributed by atoms with Gasteiger partial charge in [-0.2, -0.15) is 0 Å². The second-order valence-electron chi connectivity index (χ2n) is 25.1. The maximum Gasteiger partial charge on any atom is 0.419 e. The molecule has 5 aliphatic heterocycles. The van der Waals surface area contributed by atoms with Gasteiger partial charge in [-0.1, -0.05) is 185 Å². The Morgan fingerprint density at radius 3 is 1.90 bits per heavy atom. The van der Waals surface area contributed by atoms with E-state index in [0.717, 1.165) is 68.3 Å². The molecule has 0 radical (unpaired) electrons. The van der Waals surface area contributed by atoms with Gasteiger partial charge in [-0.05, 0) is 122 Å². The van der Waals surface area contributed by atoms with Crippen LogP contribution in [-0.4, -0.2) is 122 Å². The van der Waals surface area contributed by atoms with E-state index in [1.54, 1.807) is 105 Å². The predicted molar refractivity (Wildman–Crippen MR) is 421 cm³/mol. The van der Waals surface area contributed by atoms with Gasteiger partial charge >= 0.3 is 29.2 Å². The van der Waals surface area contributed by atoms with Crippen molar-refractivity contribution in [2.24, 2.45) is 23.7 Å². The number of carbonyl (C=O) groups excluding carboxylic acids is 6. The van der Waals surface area contributed by atoms with Crippen LogP contribution in [0, 0.1) is 37.2 Å². The van der Waals surface area contributed by atoms with Crippen LogP contribution >= 0.6 is 73.8 Å². The highest BCUT2D eigenvalue weighted by Gasteiger charge is 2.32. The first-order valence-electron chi connectivity index (χ1n) is 34.7. The maximum absolute atomic E-state index is 12.3. The number of alkyl halides is 3. The van der Waals surface area contributed by atoms with Gasteiger partial charge in [0.25, 0.3) is 5.91 Å². The Kier molecular flexibility index (Phi) is 35.8. The number of ether oxygens (including phenoxy) is 7. The van der Waals surface area contributed by atoms with Gasteiger partial charge in [-0.3, -0.25) is 34.0 Å². The summed E-state index contributed by atoms with van der Waals surface area (Å²) < 4.78 is 36.0. The Bertz CT molecular complexity index is 3990. The highest BCUT2D eigenvalue weighted by Crippen LogP contribution is 2.39. The fourth-order valence-electron chi connectivity index (χ4n) is 11.0. The number of hydrogen-bond acceptors (Lipinski definition) is 16. The minimum atomic E-state index is -1.71. The molecule has 1 saturated carbocycles. The smallest absolute Gasteiger partial charge is 0.419 e. The van der Waals surface area contributed by atoms with Crippen molar-refractivity contribution in [3.63, 3.8) is 0 Å². The van der Waals surface area contributed by atoms with Crippen molar-refractivity contribution in [1.82, 2.24) is 29.5 Å². The number of amides is 5. The zero-order chi connectivity index (χ0) is 77.3. The Morgan fingerprint density at radius 1 is 0.717 bits per heavy atom. The van der Waals surface area contributed by atoms with E-state index >= 15 is 0 Å². The zero-order valence-corrected chi connectivity index (χ0v) is 66.7. The second-order valence-corrected chi connectivity index (χ2v) is 30.3. The van der Waals surface area contributed by atoms with Crippen LogP contribution in [0.15, 0.2) is 203 Å². The van der Waals surface area contributed by atoms with Gasteiger partial charge in [0, 0.05) is 119 Å². The molecule has 27 heteroatoms. The zero-order valence-electron chi connectivity index (χ0n) is 61.2. The largest absolute Gasteiger partial charge is 0.493 e. The highest BCUT2D eigenvalue weighted by atomic mass is 79.9. The molecule has 1 N–H and O–H groups in total. The van der Waals surface area contributed by atoms with Crippen molar-refractivity contribution in [2.75, 3.05) is 46.6 Å². The molecule has 6 aliphatic rings. The number of methoxy groups -OCH3 is 1. The molecule has 1 fully saturated rings. The van der Waals surface area contributed by atoms with E-state index in [1.807, 2.05) is 131 Å². The monoisotopic (exact) mass is 1610 g/mol. The molecule has 3 aromatic carbocycles. The van der Waals surface area contributed by atoms with E-state index in [9.17, 15) is 33.6 Å². The third-order valence-electron chi connectivity index (χ3n) is 16.2. The Labute approximate surface area is 653 Å². The van der Waals surface area contributed by atoms with Gasteiger partial charge in [0.1, 0.15) is 18.0 Å². The molecule has 0 saturated heterocycles. The van der Waals surface area contributed by atoms with Gasteiger partial charge in [0.15, 0.2) is 24.0 Å². The number of carbonyl (C=O) groups is 6. The van der Waals surface area contributed by atoms with Crippen molar-refractivity contribution < 1.29 is 61.9 Å². The number of hydrogen-bond donors (Lipinski definition) is 1. The number of Topliss-reactive ketones (excluding diaryl/α,β-unsaturated/α-hetero) is 1. The SMILES string of the molecule is CCCCC1C=CN(C(=O)OC(C)(C)C)C(SC)=C1.CCOC(=O)N1C=CC(Cc2ccccc2Br)C=C1.CCOCOc1c(OC)cccc1C1C=CN(C(=O)OCC)C=C1.O=C1CCCCC1C1C=CN(C(=O)c2ccccc2)C=C1.[C-]#[N+]C1=CN(C(=O)OCC(Cl)(Cl)Cl)C=CC1c1sc(=O)[nH]c1C. The number of rotatable bonds is 18. The Morgan fingerprint density at radius 2 is 1.33 bits per heavy atom. The van der Waals surface area contributed by atoms with Gasteiger partial charge in [-0.25, -0.2) is 28.9 Å². The van der Waals surface area contributed by atoms with Gasteiger partial charge in [0.2, 0.25) is 3.79 Å². The number of aromatic amines is 1. The molecular weight excluding hydrogens is 1520 g/mol. The van der Waals surface area contributed by atoms with E-state index in [4.69, 9.17) is 74.5 Å². The van der Waals surface area contributed by atoms with Crippen molar-refractivity contribution in [3.05, 3.63) is 247 Å². The normalized spacial score (nSPS) is 17.5. The summed E-state index contributed by atoms with van der Waals surface area (Å²) in [5, 5.41) is 0.956. The fraction of sp³-hybridized carbons (Fsp3) is 0.392. The summed E-state index contributed by atoms with van der Waals surface area (Å²) in [7, 11) is 1.60. The van der Waals surface area contributed by atoms with Crippen LogP contribution in [0.2, 0.25) is 0 Å². The minimum absolute atomic E-state index is 0.0394. The maximum atomic E-state index is 12.3. The molecule has 568 valence electrons. The van der Waals surface area contributed by atoms with Crippen LogP contribution in [0.25, 0.3) is 4.85 Å². The number of aromatic nitrogens is 1. The number of ketones is 1. The average Bonchev–Trinajstić information content (AvgIpc) is 1.48. The predicted octanol–water partition coefficient (Wildman–Crippen LogP) is 20.0. The minimum Gasteiger partial charge on any atom is -0.493 e. The quantitative estimate of drug-likeness (QED) is 0.0322. The number of unbranched alkanes of at least 4 members (excludes halogenated alkanes) is 1. The third-order valence-corrected chi connectivity index (χ3v) is 19.2. The van der Waals surface area contributed by atoms with Crippen molar-refractivity contribution >= 4 is 110 Å². The number of allylic oxidation sites excluding steroid dienone is 9. The first-order valence-corrected chi connectivity index (χ1v) is 38.7. The first kappa shape index (κ1) is 86.4. The fourth-order valence-corrected chi connectivity index (χ4v) is 13.2. The number of para-hydroxylation sites is 1. The summed E-state index contributed by atoms with van der Waals surface area (Å²) in [4.78, 5) is 96.7. The molecule has 10 rings (SSSR count). The van der Waals surface area contributed by atoms with Crippen LogP contribution in [-0.2, 0) is 34.9 Å². The molecular formula is C79H93BrCl3N7O14S2. The summed E-state index contributed by atoms with van der Waals surface area (Å²) in [6, 6.07) is 23.1. The number of thiazole rings is 1. The molecule has 3 atom stereocenters. The second kappa shape index (κ2) is 43.9. The molecule has 0 spiro atoms. The number of aryl methyl sites for hydroxylation is 1. The summed E-state index contributed by atoms with van der Waals surface area (Å²) in [6.07, 6.45) is 41.2. The average molecular weight is 1620 g/mol. The number of nitrogens with zero attached hydrogens (tertiary/aromatic N) is 6. The Balaban J connectivity index is 0.000000208. The third kappa shape index (κ3) is 27.7. The van der Waals surface area contributed by atoms with E-state index < -0.39 is 34.1 Å². The number of benzene rings is 3. The summed E-state index contributed by atoms with van der Waals surface area (Å²) in [5.41, 5.74) is 3.36. The van der Waals surface area contributed by atoms with Crippen LogP contribution in [0.5, 0.6) is 11.5 Å². The number of thioether (sulfide) groups is 1. The van der Waals surface area contributed by atoms with Crippen LogP contribution in [0.3, 0.4) is 0 Å². The summed E-state index contributed by atoms with van der Waals surface area (Å²) >= 11 is 22.7. The van der Waals surface area contributed by atoms with E-state index in [2.05, 4.69) is 50.9 Å². The standard InChI is InChI=1S/C18H23NO5.C18H19NO2.C15H16BrNO2.C15H25NO2S.C13H10Cl3N3O3S/c1-4-22-13-24-17-15(7-6-8-16(17)21-3)14-9-11-19(12-10-14)18(20)23-5-2;20-17-9-5-4-8-16(17)14-10-12-19(13-11-14)18(21)15-6-2-1-3-7-15;1-2-19-15(18)17-9-7-12(8-10-17)11-13-5-3-4-6-14(13)16;1-6-7-8-12-9-10-16(13(11-12)19-5)14(17)18-15(2,3)4;1-7-10(23-11(20)18-7)8-3-4-19(5-9(8)17-2)12(21)22-6-13(14,15)16/h6-12,14H,4-5,13H2,1-3H3;1-3,6-7,10-14,16H,4-5,8-9H2;3-10,12H,2,11H2,1H3;9-12H,6-8H2,1-5H3;3-5,8H,6H2,1H3,(H,18,20). The van der Waals surface area contributed by atoms with E-state index in [0.29, 0.717) is 66.6 Å². The molecule has 21 nitrogen and oxygen atoms in total. The van der Waals surface area contributed by atoms with Crippen LogP contribution < -0.4 is 14.3 Å². The Hall–Kier alpha value is -8.54. The number of halogens is 4. The summed E-state index contributed by atoms with van der Waals surface area (Å²) in [6.45, 7) is 23.4. The lowest BCUT2D eigenvalue weighted by Crippen LogP contribution is -2.33. The van der Waals surface area contributed by atoms with Crippen molar-refractivity contribution in [3.8, 4) is 11.5 Å². The first-order chi connectivity index (χ1) is 50.7. The molecule has 0 bridgehead atoms. The molecule has 3 unspecified atom stereocenters. The van der Waals surface area contributed by atoms with Gasteiger partial charge in [0.05, 0.1) is 37.8 Å². The molecule has 6 heterocycles. The topological polar surface area (TPSA) is 220 Å². The summed E-state index contributed by atoms with van der Waals surface area (Å²) in [5.74, 6) is 2.12. The van der Waals surface area contributed by atoms with Gasteiger partial charge < -0.3 is 38.1 Å². The van der Waals surface area contributed by atoms with Crippen LogP contribution in [0.1, 0.15) is 137 Å².